The van der Waals surface area contributed by atoms with Crippen LogP contribution in [-0.2, 0) is 9.59 Å². The molecule has 4 aromatic rings. The fraction of sp³-hybridized carbons (Fsp3) is 0.0476. The zero-order valence-corrected chi connectivity index (χ0v) is 18.1. The first-order chi connectivity index (χ1) is 14.1. The van der Waals surface area contributed by atoms with Crippen LogP contribution in [-0.4, -0.2) is 26.8 Å². The van der Waals surface area contributed by atoms with Gasteiger partial charge in [0.25, 0.3) is 11.8 Å². The third-order valence-electron chi connectivity index (χ3n) is 4.51. The van der Waals surface area contributed by atoms with Gasteiger partial charge in [0.1, 0.15) is 4.83 Å². The van der Waals surface area contributed by atoms with Crippen molar-refractivity contribution in [1.82, 2.24) is 15.0 Å². The smallest absolute Gasteiger partial charge is 0.271 e. The first kappa shape index (κ1) is 20.2. The van der Waals surface area contributed by atoms with E-state index in [-0.39, 0.29) is 18.3 Å². The Hall–Kier alpha value is -3.07. The molecule has 4 heterocycles. The molecule has 6 nitrogen and oxygen atoms in total. The minimum atomic E-state index is -0.407. The third kappa shape index (κ3) is 3.49. The Balaban J connectivity index is 0.00000218. The molecule has 1 N–H and O–H groups in total. The molecule has 0 bridgehead atoms. The number of amides is 2. The molecule has 0 radical (unpaired) electrons. The van der Waals surface area contributed by atoms with Gasteiger partial charge in [0.15, 0.2) is 11.6 Å². The van der Waals surface area contributed by atoms with Crippen LogP contribution >= 0.6 is 35.1 Å². The number of rotatable bonds is 4. The Morgan fingerprint density at radius 2 is 1.80 bits per heavy atom. The number of thiophene rings is 2. The monoisotopic (exact) mass is 454 g/mol. The van der Waals surface area contributed by atoms with E-state index in [2.05, 4.69) is 10.4 Å². The second-order valence-electron chi connectivity index (χ2n) is 6.49. The van der Waals surface area contributed by atoms with Crippen molar-refractivity contribution in [2.45, 2.75) is 6.92 Å². The van der Waals surface area contributed by atoms with Crippen molar-refractivity contribution in [3.05, 3.63) is 65.6 Å². The first-order valence-corrected chi connectivity index (χ1v) is 10.5. The summed E-state index contributed by atoms with van der Waals surface area (Å²) in [6.45, 7) is 1.62. The number of carbonyl (C=O) groups excluding carboxylic acids is 2. The van der Waals surface area contributed by atoms with E-state index in [9.17, 15) is 9.59 Å². The SMILES string of the molecule is CC1=CC(=O)N(Nc2nc(-c3cccs3)nc3sc(-c4ccccc4)cc23)C1=O.Cl. The highest BCUT2D eigenvalue weighted by atomic mass is 35.5. The number of aromatic nitrogens is 2. The van der Waals surface area contributed by atoms with Crippen LogP contribution in [0.1, 0.15) is 6.92 Å². The highest BCUT2D eigenvalue weighted by Gasteiger charge is 2.30. The van der Waals surface area contributed by atoms with Gasteiger partial charge in [0.2, 0.25) is 0 Å². The largest absolute Gasteiger partial charge is 0.275 e. The zero-order valence-electron chi connectivity index (χ0n) is 15.7. The Morgan fingerprint density at radius 3 is 2.47 bits per heavy atom. The van der Waals surface area contributed by atoms with E-state index >= 15 is 0 Å². The molecule has 1 aliphatic rings. The summed E-state index contributed by atoms with van der Waals surface area (Å²) in [7, 11) is 0. The van der Waals surface area contributed by atoms with Gasteiger partial charge in [-0.25, -0.2) is 9.97 Å². The summed E-state index contributed by atoms with van der Waals surface area (Å²) >= 11 is 3.08. The summed E-state index contributed by atoms with van der Waals surface area (Å²) in [6, 6.07) is 15.9. The lowest BCUT2D eigenvalue weighted by molar-refractivity contribution is -0.135. The van der Waals surface area contributed by atoms with Gasteiger partial charge >= 0.3 is 0 Å². The molecule has 2 amide bonds. The number of imide groups is 1. The van der Waals surface area contributed by atoms with Gasteiger partial charge in [-0.15, -0.1) is 35.1 Å². The maximum atomic E-state index is 12.3. The Morgan fingerprint density at radius 1 is 1.00 bits per heavy atom. The lowest BCUT2D eigenvalue weighted by Crippen LogP contribution is -2.36. The van der Waals surface area contributed by atoms with E-state index in [0.717, 1.165) is 30.5 Å². The van der Waals surface area contributed by atoms with Crippen molar-refractivity contribution < 1.29 is 9.59 Å². The standard InChI is InChI=1S/C21H14N4O2S2.ClH/c1-12-10-17(26)25(21(12)27)24-18-14-11-16(13-6-3-2-4-7-13)29-20(14)23-19(22-18)15-8-5-9-28-15;/h2-11H,1H3,(H,22,23,24);1H. The second-order valence-corrected chi connectivity index (χ2v) is 8.46. The summed E-state index contributed by atoms with van der Waals surface area (Å²) < 4.78 is 0. The van der Waals surface area contributed by atoms with Gasteiger partial charge < -0.3 is 0 Å². The summed E-state index contributed by atoms with van der Waals surface area (Å²) in [6.07, 6.45) is 1.32. The average Bonchev–Trinajstić information content (AvgIpc) is 3.45. The molecule has 0 fully saturated rings. The third-order valence-corrected chi connectivity index (χ3v) is 6.45. The van der Waals surface area contributed by atoms with Crippen LogP contribution in [0.2, 0.25) is 0 Å². The van der Waals surface area contributed by atoms with Gasteiger partial charge in [0.05, 0.1) is 10.3 Å². The van der Waals surface area contributed by atoms with Gasteiger partial charge in [-0.3, -0.25) is 15.0 Å². The average molecular weight is 455 g/mol. The van der Waals surface area contributed by atoms with Crippen LogP contribution in [0.4, 0.5) is 5.82 Å². The number of nitrogens with zero attached hydrogens (tertiary/aromatic N) is 3. The van der Waals surface area contributed by atoms with Gasteiger partial charge in [0, 0.05) is 16.5 Å². The van der Waals surface area contributed by atoms with Crippen LogP contribution in [0.25, 0.3) is 31.4 Å². The molecular weight excluding hydrogens is 440 g/mol. The van der Waals surface area contributed by atoms with Crippen LogP contribution in [0, 0.1) is 0 Å². The molecule has 0 unspecified atom stereocenters. The number of benzene rings is 1. The highest BCUT2D eigenvalue weighted by Crippen LogP contribution is 2.37. The van der Waals surface area contributed by atoms with Crippen molar-refractivity contribution >= 4 is 62.9 Å². The number of hydrazine groups is 1. The van der Waals surface area contributed by atoms with Gasteiger partial charge in [-0.1, -0.05) is 36.4 Å². The second kappa shape index (κ2) is 7.98. The number of hydrogen-bond acceptors (Lipinski definition) is 7. The van der Waals surface area contributed by atoms with Crippen LogP contribution < -0.4 is 5.43 Å². The number of fused-ring (bicyclic) bond motifs is 1. The van der Waals surface area contributed by atoms with Crippen molar-refractivity contribution in [3.8, 4) is 21.1 Å². The van der Waals surface area contributed by atoms with Crippen LogP contribution in [0.3, 0.4) is 0 Å². The van der Waals surface area contributed by atoms with E-state index in [0.29, 0.717) is 17.2 Å². The molecule has 9 heteroatoms. The summed E-state index contributed by atoms with van der Waals surface area (Å²) in [4.78, 5) is 36.6. The van der Waals surface area contributed by atoms with E-state index in [1.165, 1.54) is 17.4 Å². The van der Waals surface area contributed by atoms with Gasteiger partial charge in [-0.05, 0) is 30.0 Å². The first-order valence-electron chi connectivity index (χ1n) is 8.84. The fourth-order valence-corrected chi connectivity index (χ4v) is 4.76. The molecule has 0 atom stereocenters. The van der Waals surface area contributed by atoms with E-state index in [4.69, 9.17) is 4.98 Å². The Labute approximate surface area is 186 Å². The number of carbonyl (C=O) groups is 2. The maximum Gasteiger partial charge on any atom is 0.275 e. The van der Waals surface area contributed by atoms with E-state index in [1.807, 2.05) is 53.9 Å². The number of hydrogen-bond donors (Lipinski definition) is 1. The molecule has 0 aliphatic carbocycles. The van der Waals surface area contributed by atoms with Crippen molar-refractivity contribution in [2.24, 2.45) is 0 Å². The highest BCUT2D eigenvalue weighted by molar-refractivity contribution is 7.22. The summed E-state index contributed by atoms with van der Waals surface area (Å²) in [5.41, 5.74) is 4.39. The van der Waals surface area contributed by atoms with Crippen LogP contribution in [0.15, 0.2) is 65.6 Å². The predicted molar refractivity (Wildman–Crippen MR) is 123 cm³/mol. The quantitative estimate of drug-likeness (QED) is 0.431. The Bertz CT molecular complexity index is 1280. The van der Waals surface area contributed by atoms with Crippen molar-refractivity contribution in [3.63, 3.8) is 0 Å². The lowest BCUT2D eigenvalue weighted by atomic mass is 10.2. The minimum absolute atomic E-state index is 0. The summed E-state index contributed by atoms with van der Waals surface area (Å²) in [5.74, 6) is 0.204. The van der Waals surface area contributed by atoms with Crippen molar-refractivity contribution in [2.75, 3.05) is 5.43 Å². The number of anilines is 1. The lowest BCUT2D eigenvalue weighted by Gasteiger charge is -2.17. The van der Waals surface area contributed by atoms with E-state index < -0.39 is 5.91 Å². The number of nitrogens with one attached hydrogen (secondary N) is 1. The molecule has 150 valence electrons. The fourth-order valence-electron chi connectivity index (χ4n) is 3.07. The topological polar surface area (TPSA) is 75.2 Å². The summed E-state index contributed by atoms with van der Waals surface area (Å²) in [5, 5.41) is 3.72. The van der Waals surface area contributed by atoms with E-state index in [1.54, 1.807) is 18.3 Å². The number of halogens is 1. The molecule has 1 aromatic carbocycles. The predicted octanol–water partition coefficient (Wildman–Crippen LogP) is 5.15. The molecule has 5 rings (SSSR count). The van der Waals surface area contributed by atoms with Crippen LogP contribution in [0.5, 0.6) is 0 Å². The minimum Gasteiger partial charge on any atom is -0.271 e. The molecule has 0 saturated heterocycles. The molecule has 0 saturated carbocycles. The van der Waals surface area contributed by atoms with Crippen molar-refractivity contribution in [1.29, 1.82) is 0 Å². The molecule has 0 spiro atoms. The molecule has 1 aliphatic heterocycles. The maximum absolute atomic E-state index is 12.3. The molecular formula is C21H15ClN4O2S2. The molecule has 30 heavy (non-hydrogen) atoms. The van der Waals surface area contributed by atoms with Gasteiger partial charge in [-0.2, -0.15) is 5.01 Å². The normalized spacial score (nSPS) is 13.5. The molecule has 3 aromatic heterocycles. The Kier molecular flexibility index (Phi) is 5.38. The zero-order chi connectivity index (χ0) is 20.0.